The van der Waals surface area contributed by atoms with Crippen molar-refractivity contribution < 1.29 is 14.7 Å². The van der Waals surface area contributed by atoms with Crippen LogP contribution in [0.3, 0.4) is 0 Å². The van der Waals surface area contributed by atoms with Gasteiger partial charge in [0.1, 0.15) is 6.04 Å². The lowest BCUT2D eigenvalue weighted by Crippen LogP contribution is -2.48. The zero-order valence-corrected chi connectivity index (χ0v) is 12.8. The summed E-state index contributed by atoms with van der Waals surface area (Å²) in [6.45, 7) is 0.561. The summed E-state index contributed by atoms with van der Waals surface area (Å²) < 4.78 is 0.987. The van der Waals surface area contributed by atoms with Crippen molar-refractivity contribution >= 4 is 27.8 Å². The third kappa shape index (κ3) is 3.60. The van der Waals surface area contributed by atoms with Crippen molar-refractivity contribution in [3.8, 4) is 0 Å². The van der Waals surface area contributed by atoms with Gasteiger partial charge in [-0.2, -0.15) is 0 Å². The predicted molar refractivity (Wildman–Crippen MR) is 79.5 cm³/mol. The van der Waals surface area contributed by atoms with Crippen molar-refractivity contribution in [2.75, 3.05) is 6.54 Å². The van der Waals surface area contributed by atoms with Gasteiger partial charge in [0, 0.05) is 17.4 Å². The maximum absolute atomic E-state index is 12.2. The van der Waals surface area contributed by atoms with Crippen molar-refractivity contribution in [2.24, 2.45) is 0 Å². The molecule has 1 amide bonds. The van der Waals surface area contributed by atoms with Gasteiger partial charge in [-0.25, -0.2) is 4.79 Å². The van der Waals surface area contributed by atoms with E-state index in [0.29, 0.717) is 25.8 Å². The number of hydrogen-bond donors (Lipinski definition) is 1. The van der Waals surface area contributed by atoms with Crippen LogP contribution in [-0.4, -0.2) is 34.5 Å². The first-order valence-electron chi connectivity index (χ1n) is 6.85. The van der Waals surface area contributed by atoms with Crippen molar-refractivity contribution in [3.63, 3.8) is 0 Å². The van der Waals surface area contributed by atoms with Crippen LogP contribution in [0.4, 0.5) is 0 Å². The number of carbonyl (C=O) groups is 2. The molecule has 0 aliphatic carbocycles. The summed E-state index contributed by atoms with van der Waals surface area (Å²) in [5, 5.41) is 9.19. The van der Waals surface area contributed by atoms with Gasteiger partial charge in [-0.1, -0.05) is 34.1 Å². The number of nitrogens with zero attached hydrogens (tertiary/aromatic N) is 1. The predicted octanol–water partition coefficient (Wildman–Crippen LogP) is 2.85. The minimum absolute atomic E-state index is 0.0622. The fourth-order valence-corrected chi connectivity index (χ4v) is 3.06. The number of carbonyl (C=O) groups excluding carboxylic acids is 1. The fraction of sp³-hybridized carbons (Fsp3) is 0.467. The Balaban J connectivity index is 1.97. The Labute approximate surface area is 126 Å². The van der Waals surface area contributed by atoms with E-state index < -0.39 is 12.0 Å². The normalized spacial score (nSPS) is 18.9. The molecule has 1 aliphatic rings. The Kier molecular flexibility index (Phi) is 5.17. The van der Waals surface area contributed by atoms with Gasteiger partial charge in [-0.15, -0.1) is 0 Å². The molecule has 1 atom stereocenters. The van der Waals surface area contributed by atoms with Crippen LogP contribution in [0.2, 0.25) is 0 Å². The lowest BCUT2D eigenvalue weighted by atomic mass is 10.0. The van der Waals surface area contributed by atoms with E-state index in [2.05, 4.69) is 15.9 Å². The quantitative estimate of drug-likeness (QED) is 0.917. The van der Waals surface area contributed by atoms with E-state index in [1.807, 2.05) is 24.3 Å². The van der Waals surface area contributed by atoms with E-state index in [9.17, 15) is 14.7 Å². The highest BCUT2D eigenvalue weighted by atomic mass is 79.9. The molecule has 1 saturated heterocycles. The van der Waals surface area contributed by atoms with Crippen LogP contribution < -0.4 is 0 Å². The summed E-state index contributed by atoms with van der Waals surface area (Å²) in [6, 6.07) is 7.14. The van der Waals surface area contributed by atoms with Gasteiger partial charge < -0.3 is 10.0 Å². The van der Waals surface area contributed by atoms with Gasteiger partial charge in [0.15, 0.2) is 0 Å². The topological polar surface area (TPSA) is 57.6 Å². The molecular formula is C15H18BrNO3. The Morgan fingerprint density at radius 2 is 2.05 bits per heavy atom. The maximum Gasteiger partial charge on any atom is 0.326 e. The molecule has 1 aromatic rings. The standard InChI is InChI=1S/C15H18BrNO3/c16-12-6-2-1-5-11(12)8-9-14(18)17-10-4-3-7-13(17)15(19)20/h1-2,5-6,13H,3-4,7-10H2,(H,19,20). The van der Waals surface area contributed by atoms with Crippen LogP contribution in [0, 0.1) is 0 Å². The minimum Gasteiger partial charge on any atom is -0.480 e. The lowest BCUT2D eigenvalue weighted by Gasteiger charge is -2.33. The van der Waals surface area contributed by atoms with Crippen molar-refractivity contribution in [1.29, 1.82) is 0 Å². The Morgan fingerprint density at radius 1 is 1.30 bits per heavy atom. The molecule has 5 heteroatoms. The highest BCUT2D eigenvalue weighted by Gasteiger charge is 2.31. The van der Waals surface area contributed by atoms with Crippen LogP contribution in [0.5, 0.6) is 0 Å². The molecular weight excluding hydrogens is 322 g/mol. The smallest absolute Gasteiger partial charge is 0.326 e. The van der Waals surface area contributed by atoms with Crippen LogP contribution in [0.1, 0.15) is 31.2 Å². The first-order chi connectivity index (χ1) is 9.59. The highest BCUT2D eigenvalue weighted by Crippen LogP contribution is 2.21. The largest absolute Gasteiger partial charge is 0.480 e. The third-order valence-electron chi connectivity index (χ3n) is 3.67. The summed E-state index contributed by atoms with van der Waals surface area (Å²) in [7, 11) is 0. The molecule has 20 heavy (non-hydrogen) atoms. The average molecular weight is 340 g/mol. The number of halogens is 1. The van der Waals surface area contributed by atoms with E-state index >= 15 is 0 Å². The molecule has 0 aromatic heterocycles. The number of piperidine rings is 1. The molecule has 108 valence electrons. The van der Waals surface area contributed by atoms with Gasteiger partial charge in [-0.05, 0) is 37.3 Å². The van der Waals surface area contributed by atoms with Crippen molar-refractivity contribution in [3.05, 3.63) is 34.3 Å². The number of carboxylic acid groups (broad SMARTS) is 1. The Bertz CT molecular complexity index is 504. The van der Waals surface area contributed by atoms with Crippen molar-refractivity contribution in [2.45, 2.75) is 38.1 Å². The molecule has 2 rings (SSSR count). The van der Waals surface area contributed by atoms with Gasteiger partial charge in [0.05, 0.1) is 0 Å². The van der Waals surface area contributed by atoms with Crippen LogP contribution in [-0.2, 0) is 16.0 Å². The van der Waals surface area contributed by atoms with E-state index in [1.165, 1.54) is 4.90 Å². The van der Waals surface area contributed by atoms with E-state index in [0.717, 1.165) is 22.9 Å². The van der Waals surface area contributed by atoms with E-state index in [4.69, 9.17) is 0 Å². The summed E-state index contributed by atoms with van der Waals surface area (Å²) in [5.74, 6) is -0.952. The monoisotopic (exact) mass is 339 g/mol. The summed E-state index contributed by atoms with van der Waals surface area (Å²) in [6.07, 6.45) is 3.32. The SMILES string of the molecule is O=C(O)C1CCCCN1C(=O)CCc1ccccc1Br. The summed E-state index contributed by atoms with van der Waals surface area (Å²) in [4.78, 5) is 25.0. The van der Waals surface area contributed by atoms with E-state index in [1.54, 1.807) is 0 Å². The Hall–Kier alpha value is -1.36. The average Bonchev–Trinajstić information content (AvgIpc) is 2.46. The minimum atomic E-state index is -0.890. The zero-order chi connectivity index (χ0) is 14.5. The Morgan fingerprint density at radius 3 is 2.75 bits per heavy atom. The second-order valence-corrected chi connectivity index (χ2v) is 5.88. The number of carboxylic acids is 1. The highest BCUT2D eigenvalue weighted by molar-refractivity contribution is 9.10. The number of hydrogen-bond acceptors (Lipinski definition) is 2. The molecule has 0 radical (unpaired) electrons. The molecule has 0 saturated carbocycles. The number of likely N-dealkylation sites (tertiary alicyclic amines) is 1. The first kappa shape index (κ1) is 15.0. The summed E-state index contributed by atoms with van der Waals surface area (Å²) >= 11 is 3.46. The van der Waals surface area contributed by atoms with Crippen LogP contribution in [0.15, 0.2) is 28.7 Å². The van der Waals surface area contributed by atoms with Crippen LogP contribution >= 0.6 is 15.9 Å². The van der Waals surface area contributed by atoms with Gasteiger partial charge in [0.2, 0.25) is 5.91 Å². The molecule has 0 bridgehead atoms. The molecule has 1 N–H and O–H groups in total. The number of amides is 1. The second kappa shape index (κ2) is 6.88. The summed E-state index contributed by atoms with van der Waals surface area (Å²) in [5.41, 5.74) is 1.07. The molecule has 1 aromatic carbocycles. The lowest BCUT2D eigenvalue weighted by molar-refractivity contribution is -0.152. The maximum atomic E-state index is 12.2. The zero-order valence-electron chi connectivity index (χ0n) is 11.2. The van der Waals surface area contributed by atoms with E-state index in [-0.39, 0.29) is 5.91 Å². The van der Waals surface area contributed by atoms with Gasteiger partial charge in [0.25, 0.3) is 0 Å². The fourth-order valence-electron chi connectivity index (χ4n) is 2.57. The molecule has 0 spiro atoms. The van der Waals surface area contributed by atoms with Gasteiger partial charge in [-0.3, -0.25) is 4.79 Å². The molecule has 1 fully saturated rings. The number of rotatable bonds is 4. The second-order valence-electron chi connectivity index (χ2n) is 5.03. The van der Waals surface area contributed by atoms with Crippen LogP contribution in [0.25, 0.3) is 0 Å². The van der Waals surface area contributed by atoms with Gasteiger partial charge >= 0.3 is 5.97 Å². The molecule has 1 unspecified atom stereocenters. The van der Waals surface area contributed by atoms with Crippen molar-refractivity contribution in [1.82, 2.24) is 4.90 Å². The first-order valence-corrected chi connectivity index (χ1v) is 7.64. The molecule has 1 heterocycles. The molecule has 4 nitrogen and oxygen atoms in total. The number of aryl methyl sites for hydroxylation is 1. The number of aliphatic carboxylic acids is 1. The third-order valence-corrected chi connectivity index (χ3v) is 4.45. The number of benzene rings is 1. The molecule has 1 aliphatic heterocycles.